The molecule has 2 aromatic rings. The molecule has 0 aromatic heterocycles. The molecule has 0 heterocycles. The van der Waals surface area contributed by atoms with Crippen LogP contribution in [0.5, 0.6) is 0 Å². The van der Waals surface area contributed by atoms with Crippen molar-refractivity contribution in [3.8, 4) is 0 Å². The van der Waals surface area contributed by atoms with E-state index in [-0.39, 0.29) is 11.3 Å². The maximum absolute atomic E-state index is 14.8. The van der Waals surface area contributed by atoms with E-state index in [1.807, 2.05) is 0 Å². The number of anilines is 2. The highest BCUT2D eigenvalue weighted by molar-refractivity contribution is 9.11. The Morgan fingerprint density at radius 3 is 1.88 bits per heavy atom. The zero-order chi connectivity index (χ0) is 19.0. The Morgan fingerprint density at radius 2 is 1.44 bits per heavy atom. The molecule has 132 valence electrons. The quantitative estimate of drug-likeness (QED) is 0.349. The largest absolute Gasteiger partial charge is 0.340 e. The van der Waals surface area contributed by atoms with Gasteiger partial charge >= 0.3 is 5.69 Å². The normalized spacial score (nSPS) is 10.6. The number of benzene rings is 2. The Kier molecular flexibility index (Phi) is 5.79. The molecule has 0 saturated heterocycles. The van der Waals surface area contributed by atoms with Gasteiger partial charge in [0.1, 0.15) is 0 Å². The SMILES string of the molecule is Cc1c([N+](=O)[O-])cc([N+](=O)[O-])c(F)c1N(C)c1c(Br)cc(Br)cc1Br. The zero-order valence-corrected chi connectivity index (χ0v) is 17.5. The van der Waals surface area contributed by atoms with Crippen molar-refractivity contribution in [3.05, 3.63) is 63.2 Å². The third-order valence-corrected chi connectivity index (χ3v) is 5.16. The van der Waals surface area contributed by atoms with Crippen molar-refractivity contribution in [2.75, 3.05) is 11.9 Å². The number of halogens is 4. The average molecular weight is 542 g/mol. The first kappa shape index (κ1) is 19.7. The van der Waals surface area contributed by atoms with E-state index < -0.39 is 27.0 Å². The summed E-state index contributed by atoms with van der Waals surface area (Å²) in [5.74, 6) is -1.14. The van der Waals surface area contributed by atoms with Crippen molar-refractivity contribution in [3.63, 3.8) is 0 Å². The van der Waals surface area contributed by atoms with E-state index in [4.69, 9.17) is 0 Å². The number of hydrogen-bond donors (Lipinski definition) is 0. The van der Waals surface area contributed by atoms with Crippen molar-refractivity contribution in [2.24, 2.45) is 0 Å². The summed E-state index contributed by atoms with van der Waals surface area (Å²) >= 11 is 10.0. The van der Waals surface area contributed by atoms with Crippen molar-refractivity contribution >= 4 is 70.5 Å². The minimum Gasteiger partial charge on any atom is -0.340 e. The monoisotopic (exact) mass is 539 g/mol. The van der Waals surface area contributed by atoms with Crippen LogP contribution in [0.25, 0.3) is 0 Å². The molecule has 0 radical (unpaired) electrons. The molecule has 25 heavy (non-hydrogen) atoms. The highest BCUT2D eigenvalue weighted by atomic mass is 79.9. The van der Waals surface area contributed by atoms with Gasteiger partial charge in [0.05, 0.1) is 32.9 Å². The van der Waals surface area contributed by atoms with Gasteiger partial charge in [-0.15, -0.1) is 0 Å². The van der Waals surface area contributed by atoms with Crippen LogP contribution < -0.4 is 4.90 Å². The lowest BCUT2D eigenvalue weighted by molar-refractivity contribution is -0.396. The molecule has 0 unspecified atom stereocenters. The number of nitro groups is 2. The van der Waals surface area contributed by atoms with Gasteiger partial charge in [0.25, 0.3) is 5.69 Å². The first-order valence-corrected chi connectivity index (χ1v) is 8.94. The van der Waals surface area contributed by atoms with E-state index in [1.54, 1.807) is 12.1 Å². The van der Waals surface area contributed by atoms with Gasteiger partial charge in [0, 0.05) is 20.5 Å². The molecule has 0 N–H and O–H groups in total. The fourth-order valence-electron chi connectivity index (χ4n) is 2.40. The first-order chi connectivity index (χ1) is 11.6. The predicted molar refractivity (Wildman–Crippen MR) is 102 cm³/mol. The van der Waals surface area contributed by atoms with Gasteiger partial charge < -0.3 is 4.90 Å². The van der Waals surface area contributed by atoms with E-state index >= 15 is 0 Å². The molecule has 0 aliphatic heterocycles. The molecule has 2 rings (SSSR count). The minimum atomic E-state index is -1.14. The lowest BCUT2D eigenvalue weighted by Crippen LogP contribution is -2.16. The highest BCUT2D eigenvalue weighted by Crippen LogP contribution is 2.44. The average Bonchev–Trinajstić information content (AvgIpc) is 2.45. The predicted octanol–water partition coefficient (Wildman–Crippen LogP) is 6.01. The van der Waals surface area contributed by atoms with Crippen molar-refractivity contribution < 1.29 is 14.2 Å². The fraction of sp³-hybridized carbons (Fsp3) is 0.143. The smallest absolute Gasteiger partial charge is 0.313 e. The number of nitro benzene ring substituents is 2. The second kappa shape index (κ2) is 7.34. The molecule has 0 aliphatic rings. The minimum absolute atomic E-state index is 0.0164. The van der Waals surface area contributed by atoms with Gasteiger partial charge in [-0.25, -0.2) is 0 Å². The van der Waals surface area contributed by atoms with Crippen LogP contribution in [0, 0.1) is 33.0 Å². The Hall–Kier alpha value is -1.59. The Morgan fingerprint density at radius 1 is 0.960 bits per heavy atom. The topological polar surface area (TPSA) is 89.5 Å². The number of nitrogens with zero attached hydrogens (tertiary/aromatic N) is 3. The molecule has 0 bridgehead atoms. The third kappa shape index (κ3) is 3.67. The maximum Gasteiger partial charge on any atom is 0.313 e. The molecule has 0 spiro atoms. The summed E-state index contributed by atoms with van der Waals surface area (Å²) in [4.78, 5) is 21.9. The highest BCUT2D eigenvalue weighted by Gasteiger charge is 2.31. The van der Waals surface area contributed by atoms with Gasteiger partial charge in [-0.2, -0.15) is 4.39 Å². The second-order valence-corrected chi connectivity index (χ2v) is 7.62. The fourth-order valence-corrected chi connectivity index (χ4v) is 5.19. The molecular weight excluding hydrogens is 533 g/mol. The van der Waals surface area contributed by atoms with Crippen LogP contribution >= 0.6 is 47.8 Å². The van der Waals surface area contributed by atoms with Crippen LogP contribution in [-0.4, -0.2) is 16.9 Å². The van der Waals surface area contributed by atoms with Gasteiger partial charge in [-0.05, 0) is 50.9 Å². The molecule has 2 aromatic carbocycles. The van der Waals surface area contributed by atoms with Crippen molar-refractivity contribution in [1.82, 2.24) is 0 Å². The van der Waals surface area contributed by atoms with E-state index in [0.29, 0.717) is 20.7 Å². The van der Waals surface area contributed by atoms with Gasteiger partial charge in [0.15, 0.2) is 0 Å². The van der Waals surface area contributed by atoms with E-state index in [2.05, 4.69) is 47.8 Å². The summed E-state index contributed by atoms with van der Waals surface area (Å²) in [6.07, 6.45) is 0. The number of rotatable bonds is 4. The molecule has 0 amide bonds. The summed E-state index contributed by atoms with van der Waals surface area (Å²) in [5.41, 5.74) is -1.29. The molecule has 0 saturated carbocycles. The van der Waals surface area contributed by atoms with Crippen molar-refractivity contribution in [2.45, 2.75) is 6.92 Å². The Balaban J connectivity index is 2.82. The summed E-state index contributed by atoms with van der Waals surface area (Å²) in [7, 11) is 1.47. The Bertz CT molecular complexity index is 846. The van der Waals surface area contributed by atoms with Crippen LogP contribution in [0.1, 0.15) is 5.56 Å². The van der Waals surface area contributed by atoms with Crippen LogP contribution in [0.3, 0.4) is 0 Å². The van der Waals surface area contributed by atoms with Gasteiger partial charge in [0.2, 0.25) is 5.82 Å². The van der Waals surface area contributed by atoms with Crippen molar-refractivity contribution in [1.29, 1.82) is 0 Å². The summed E-state index contributed by atoms with van der Waals surface area (Å²) in [5, 5.41) is 22.3. The summed E-state index contributed by atoms with van der Waals surface area (Å²) in [6.45, 7) is 1.34. The van der Waals surface area contributed by atoms with E-state index in [1.165, 1.54) is 18.9 Å². The maximum atomic E-state index is 14.8. The zero-order valence-electron chi connectivity index (χ0n) is 12.7. The molecule has 11 heteroatoms. The summed E-state index contributed by atoms with van der Waals surface area (Å²) in [6, 6.07) is 4.04. The lowest BCUT2D eigenvalue weighted by atomic mass is 10.1. The number of hydrogen-bond acceptors (Lipinski definition) is 5. The molecule has 0 aliphatic carbocycles. The van der Waals surface area contributed by atoms with E-state index in [0.717, 1.165) is 4.47 Å². The van der Waals surface area contributed by atoms with Crippen LogP contribution in [-0.2, 0) is 0 Å². The Labute approximate surface area is 166 Å². The van der Waals surface area contributed by atoms with Crippen LogP contribution in [0.4, 0.5) is 27.1 Å². The summed E-state index contributed by atoms with van der Waals surface area (Å²) < 4.78 is 16.6. The molecular formula is C14H9Br3FN3O4. The second-order valence-electron chi connectivity index (χ2n) is 4.99. The molecule has 7 nitrogen and oxygen atoms in total. The van der Waals surface area contributed by atoms with E-state index in [9.17, 15) is 24.6 Å². The molecule has 0 atom stereocenters. The first-order valence-electron chi connectivity index (χ1n) is 6.56. The lowest BCUT2D eigenvalue weighted by Gasteiger charge is -2.24. The van der Waals surface area contributed by atoms with Crippen LogP contribution in [0.15, 0.2) is 31.6 Å². The van der Waals surface area contributed by atoms with Gasteiger partial charge in [-0.1, -0.05) is 15.9 Å². The van der Waals surface area contributed by atoms with Crippen LogP contribution in [0.2, 0.25) is 0 Å². The molecule has 0 fully saturated rings. The third-order valence-electron chi connectivity index (χ3n) is 3.49. The standard InChI is InChI=1S/C14H9Br3FN3O4/c1-6-10(20(22)23)5-11(21(24)25)12(18)13(6)19(2)14-8(16)3-7(15)4-9(14)17/h3-5H,1-2H3. The van der Waals surface area contributed by atoms with Gasteiger partial charge in [-0.3, -0.25) is 20.2 Å².